The van der Waals surface area contributed by atoms with E-state index >= 15 is 0 Å². The average molecular weight is 232 g/mol. The fourth-order valence-corrected chi connectivity index (χ4v) is 1.50. The van der Waals surface area contributed by atoms with Crippen molar-refractivity contribution in [2.75, 3.05) is 13.2 Å². The van der Waals surface area contributed by atoms with Gasteiger partial charge in [-0.25, -0.2) is 0 Å². The summed E-state index contributed by atoms with van der Waals surface area (Å²) in [4.78, 5) is 0. The van der Waals surface area contributed by atoms with Gasteiger partial charge in [0.1, 0.15) is 0 Å². The van der Waals surface area contributed by atoms with Gasteiger partial charge < -0.3 is 9.47 Å². The van der Waals surface area contributed by atoms with E-state index in [1.807, 2.05) is 13.8 Å². The first kappa shape index (κ1) is 15.8. The minimum Gasteiger partial charge on any atom is -0.351 e. The van der Waals surface area contributed by atoms with Gasteiger partial charge in [-0.2, -0.15) is 0 Å². The molecule has 0 radical (unpaired) electrons. The highest BCUT2D eigenvalue weighted by Gasteiger charge is 2.23. The molecule has 0 aliphatic carbocycles. The summed E-state index contributed by atoms with van der Waals surface area (Å²) in [5, 5.41) is 0. The molecule has 0 fully saturated rings. The highest BCUT2D eigenvalue weighted by Crippen LogP contribution is 2.23. The van der Waals surface area contributed by atoms with Crippen LogP contribution in [0.15, 0.2) is 0 Å². The Morgan fingerprint density at radius 3 is 1.94 bits per heavy atom. The number of hydrogen-bond donors (Lipinski definition) is 2. The number of nitrogens with one attached hydrogen (secondary N) is 1. The lowest BCUT2D eigenvalue weighted by molar-refractivity contribution is -0.155. The standard InChI is InChI=1S/C12H28N2O2/c1-6-15-11(16-7-2)10(14-13)8-9-12(3,4)5/h10-11,14H,6-9,13H2,1-5H3. The first-order chi connectivity index (χ1) is 7.44. The first-order valence-electron chi connectivity index (χ1n) is 6.14. The molecule has 0 bridgehead atoms. The highest BCUT2D eigenvalue weighted by atomic mass is 16.7. The Morgan fingerprint density at radius 1 is 1.12 bits per heavy atom. The monoisotopic (exact) mass is 232 g/mol. The number of rotatable bonds is 8. The average Bonchev–Trinajstić information content (AvgIpc) is 2.17. The van der Waals surface area contributed by atoms with E-state index in [1.165, 1.54) is 0 Å². The van der Waals surface area contributed by atoms with Crippen LogP contribution in [-0.4, -0.2) is 25.5 Å². The Balaban J connectivity index is 4.19. The quantitative estimate of drug-likeness (QED) is 0.382. The van der Waals surface area contributed by atoms with Gasteiger partial charge in [0, 0.05) is 13.2 Å². The van der Waals surface area contributed by atoms with Gasteiger partial charge in [-0.05, 0) is 32.1 Å². The van der Waals surface area contributed by atoms with E-state index in [2.05, 4.69) is 26.2 Å². The summed E-state index contributed by atoms with van der Waals surface area (Å²) in [6, 6.07) is 0.0547. The molecule has 0 saturated carbocycles. The van der Waals surface area contributed by atoms with Gasteiger partial charge in [0.05, 0.1) is 6.04 Å². The maximum absolute atomic E-state index is 5.55. The van der Waals surface area contributed by atoms with Gasteiger partial charge in [0.25, 0.3) is 0 Å². The summed E-state index contributed by atoms with van der Waals surface area (Å²) >= 11 is 0. The Hall–Kier alpha value is -0.160. The Kier molecular flexibility index (Phi) is 7.93. The van der Waals surface area contributed by atoms with E-state index in [1.54, 1.807) is 0 Å². The highest BCUT2D eigenvalue weighted by molar-refractivity contribution is 4.72. The van der Waals surface area contributed by atoms with Crippen molar-refractivity contribution in [3.8, 4) is 0 Å². The zero-order chi connectivity index (χ0) is 12.6. The van der Waals surface area contributed by atoms with E-state index in [0.29, 0.717) is 18.6 Å². The van der Waals surface area contributed by atoms with Crippen molar-refractivity contribution in [3.05, 3.63) is 0 Å². The molecule has 0 saturated heterocycles. The van der Waals surface area contributed by atoms with Crippen LogP contribution < -0.4 is 11.3 Å². The lowest BCUT2D eigenvalue weighted by Crippen LogP contribution is -2.47. The van der Waals surface area contributed by atoms with Crippen LogP contribution in [0.25, 0.3) is 0 Å². The molecule has 0 rings (SSSR count). The molecule has 4 heteroatoms. The summed E-state index contributed by atoms with van der Waals surface area (Å²) in [6.45, 7) is 11.9. The minimum absolute atomic E-state index is 0.0547. The van der Waals surface area contributed by atoms with E-state index < -0.39 is 0 Å². The van der Waals surface area contributed by atoms with Crippen LogP contribution in [0, 0.1) is 5.41 Å². The van der Waals surface area contributed by atoms with Gasteiger partial charge in [-0.3, -0.25) is 11.3 Å². The molecule has 0 aliphatic rings. The molecule has 16 heavy (non-hydrogen) atoms. The molecule has 0 aromatic carbocycles. The third-order valence-corrected chi connectivity index (χ3v) is 2.41. The molecular formula is C12H28N2O2. The van der Waals surface area contributed by atoms with Crippen LogP contribution >= 0.6 is 0 Å². The predicted octanol–water partition coefficient (Wildman–Crippen LogP) is 2.04. The minimum atomic E-state index is -0.248. The fourth-order valence-electron chi connectivity index (χ4n) is 1.50. The largest absolute Gasteiger partial charge is 0.351 e. The van der Waals surface area contributed by atoms with Crippen LogP contribution in [0.3, 0.4) is 0 Å². The van der Waals surface area contributed by atoms with Crippen molar-refractivity contribution in [1.82, 2.24) is 5.43 Å². The molecular weight excluding hydrogens is 204 g/mol. The summed E-state index contributed by atoms with van der Waals surface area (Å²) in [6.07, 6.45) is 1.78. The maximum atomic E-state index is 5.55. The zero-order valence-electron chi connectivity index (χ0n) is 11.4. The molecule has 0 aromatic heterocycles. The lowest BCUT2D eigenvalue weighted by atomic mass is 9.88. The van der Waals surface area contributed by atoms with Crippen LogP contribution in [0.5, 0.6) is 0 Å². The second kappa shape index (κ2) is 8.01. The normalized spacial score (nSPS) is 14.4. The van der Waals surface area contributed by atoms with E-state index in [4.69, 9.17) is 15.3 Å². The number of hydrazine groups is 1. The molecule has 1 unspecified atom stereocenters. The lowest BCUT2D eigenvalue weighted by Gasteiger charge is -2.28. The van der Waals surface area contributed by atoms with Crippen molar-refractivity contribution < 1.29 is 9.47 Å². The smallest absolute Gasteiger partial charge is 0.173 e. The van der Waals surface area contributed by atoms with Crippen molar-refractivity contribution >= 4 is 0 Å². The number of hydrogen-bond acceptors (Lipinski definition) is 4. The molecule has 3 N–H and O–H groups in total. The van der Waals surface area contributed by atoms with Crippen LogP contribution in [0.4, 0.5) is 0 Å². The molecule has 0 amide bonds. The van der Waals surface area contributed by atoms with E-state index in [9.17, 15) is 0 Å². The van der Waals surface area contributed by atoms with Gasteiger partial charge in [0.15, 0.2) is 6.29 Å². The van der Waals surface area contributed by atoms with Gasteiger partial charge in [-0.1, -0.05) is 20.8 Å². The van der Waals surface area contributed by atoms with Crippen LogP contribution in [0.1, 0.15) is 47.5 Å². The summed E-state index contributed by atoms with van der Waals surface area (Å²) in [5.74, 6) is 5.55. The molecule has 0 heterocycles. The topological polar surface area (TPSA) is 56.5 Å². The SMILES string of the molecule is CCOC(OCC)C(CCC(C)(C)C)NN. The van der Waals surface area contributed by atoms with Gasteiger partial charge in [-0.15, -0.1) is 0 Å². The molecule has 0 aromatic rings. The van der Waals surface area contributed by atoms with Crippen molar-refractivity contribution in [2.45, 2.75) is 59.8 Å². The summed E-state index contributed by atoms with van der Waals surface area (Å²) in [5.41, 5.74) is 3.10. The van der Waals surface area contributed by atoms with E-state index in [0.717, 1.165) is 12.8 Å². The number of nitrogens with two attached hydrogens (primary N) is 1. The molecule has 1 atom stereocenters. The van der Waals surface area contributed by atoms with Crippen LogP contribution in [-0.2, 0) is 9.47 Å². The van der Waals surface area contributed by atoms with Crippen molar-refractivity contribution in [3.63, 3.8) is 0 Å². The Bertz CT molecular complexity index is 163. The van der Waals surface area contributed by atoms with Crippen molar-refractivity contribution in [1.29, 1.82) is 0 Å². The first-order valence-corrected chi connectivity index (χ1v) is 6.14. The van der Waals surface area contributed by atoms with Gasteiger partial charge in [0.2, 0.25) is 0 Å². The predicted molar refractivity (Wildman–Crippen MR) is 66.8 cm³/mol. The van der Waals surface area contributed by atoms with E-state index in [-0.39, 0.29) is 12.3 Å². The third-order valence-electron chi connectivity index (χ3n) is 2.41. The third kappa shape index (κ3) is 7.17. The molecule has 0 spiro atoms. The maximum Gasteiger partial charge on any atom is 0.173 e. The zero-order valence-corrected chi connectivity index (χ0v) is 11.4. The Morgan fingerprint density at radius 2 is 1.62 bits per heavy atom. The van der Waals surface area contributed by atoms with Crippen molar-refractivity contribution in [2.24, 2.45) is 11.3 Å². The number of ether oxygens (including phenoxy) is 2. The molecule has 4 nitrogen and oxygen atoms in total. The summed E-state index contributed by atoms with van der Waals surface area (Å²) < 4.78 is 11.1. The second-order valence-corrected chi connectivity index (χ2v) is 5.15. The molecule has 98 valence electrons. The Labute approximate surface area is 99.8 Å². The molecule has 0 aliphatic heterocycles. The second-order valence-electron chi connectivity index (χ2n) is 5.15. The fraction of sp³-hybridized carbons (Fsp3) is 1.00. The summed E-state index contributed by atoms with van der Waals surface area (Å²) in [7, 11) is 0. The van der Waals surface area contributed by atoms with Gasteiger partial charge >= 0.3 is 0 Å². The van der Waals surface area contributed by atoms with Crippen LogP contribution in [0.2, 0.25) is 0 Å².